The van der Waals surface area contributed by atoms with Crippen LogP contribution >= 0.6 is 27.3 Å². The molecule has 2 aromatic rings. The topological polar surface area (TPSA) is 50.9 Å². The van der Waals surface area contributed by atoms with Gasteiger partial charge in [-0.05, 0) is 40.4 Å². The third-order valence-corrected chi connectivity index (χ3v) is 3.69. The highest BCUT2D eigenvalue weighted by Crippen LogP contribution is 2.21. The summed E-state index contributed by atoms with van der Waals surface area (Å²) in [4.78, 5) is 5.63. The molecule has 17 heavy (non-hydrogen) atoms. The maximum absolute atomic E-state index is 5.89. The van der Waals surface area contributed by atoms with E-state index in [1.807, 2.05) is 6.07 Å². The number of nitrogens with one attached hydrogen (secondary N) is 1. The lowest BCUT2D eigenvalue weighted by Gasteiger charge is -2.15. The Bertz CT molecular complexity index is 485. The summed E-state index contributed by atoms with van der Waals surface area (Å²) >= 11 is 5.11. The summed E-state index contributed by atoms with van der Waals surface area (Å²) in [5.41, 5.74) is 6.55. The van der Waals surface area contributed by atoms with Gasteiger partial charge in [0.05, 0.1) is 5.69 Å². The molecular formula is C12H14BrN3S. The van der Waals surface area contributed by atoms with Crippen LogP contribution in [0.4, 0.5) is 11.5 Å². The number of halogens is 1. The number of thiophene rings is 1. The molecule has 0 fully saturated rings. The van der Waals surface area contributed by atoms with Gasteiger partial charge in [-0.3, -0.25) is 0 Å². The molecule has 90 valence electrons. The lowest BCUT2D eigenvalue weighted by atomic mass is 10.2. The Hall–Kier alpha value is -1.07. The fraction of sp³-hybridized carbons (Fsp3) is 0.250. The molecular weight excluding hydrogens is 298 g/mol. The molecule has 0 bridgehead atoms. The molecule has 0 spiro atoms. The molecule has 3 nitrogen and oxygen atoms in total. The quantitative estimate of drug-likeness (QED) is 0.908. The van der Waals surface area contributed by atoms with Crippen LogP contribution in [0.5, 0.6) is 0 Å². The minimum absolute atomic E-state index is 0.310. The SMILES string of the molecule is CC(Cc1cccs1)Nc1ncc(Br)cc1N. The van der Waals surface area contributed by atoms with E-state index in [4.69, 9.17) is 5.73 Å². The van der Waals surface area contributed by atoms with Crippen LogP contribution < -0.4 is 11.1 Å². The molecule has 0 radical (unpaired) electrons. The van der Waals surface area contributed by atoms with Crippen LogP contribution in [0, 0.1) is 0 Å². The van der Waals surface area contributed by atoms with Crippen molar-refractivity contribution < 1.29 is 0 Å². The highest BCUT2D eigenvalue weighted by molar-refractivity contribution is 9.10. The van der Waals surface area contributed by atoms with Crippen LogP contribution in [0.2, 0.25) is 0 Å². The van der Waals surface area contributed by atoms with Gasteiger partial charge in [-0.2, -0.15) is 0 Å². The van der Waals surface area contributed by atoms with Crippen molar-refractivity contribution >= 4 is 38.8 Å². The van der Waals surface area contributed by atoms with Crippen molar-refractivity contribution in [2.24, 2.45) is 0 Å². The maximum Gasteiger partial charge on any atom is 0.149 e. The van der Waals surface area contributed by atoms with Gasteiger partial charge in [-0.25, -0.2) is 4.98 Å². The van der Waals surface area contributed by atoms with E-state index >= 15 is 0 Å². The van der Waals surface area contributed by atoms with Crippen molar-refractivity contribution in [3.63, 3.8) is 0 Å². The first-order chi connectivity index (χ1) is 8.15. The molecule has 5 heteroatoms. The zero-order chi connectivity index (χ0) is 12.3. The number of anilines is 2. The molecule has 3 N–H and O–H groups in total. The van der Waals surface area contributed by atoms with E-state index in [0.717, 1.165) is 16.7 Å². The number of hydrogen-bond donors (Lipinski definition) is 2. The van der Waals surface area contributed by atoms with E-state index in [9.17, 15) is 0 Å². The van der Waals surface area contributed by atoms with Crippen LogP contribution in [0.1, 0.15) is 11.8 Å². The summed E-state index contributed by atoms with van der Waals surface area (Å²) in [6, 6.07) is 6.37. The molecule has 0 saturated heterocycles. The highest BCUT2D eigenvalue weighted by Gasteiger charge is 2.07. The van der Waals surface area contributed by atoms with Gasteiger partial charge >= 0.3 is 0 Å². The van der Waals surface area contributed by atoms with E-state index in [2.05, 4.69) is 50.7 Å². The maximum atomic E-state index is 5.89. The molecule has 0 aliphatic carbocycles. The number of nitrogen functional groups attached to an aromatic ring is 1. The first-order valence-electron chi connectivity index (χ1n) is 5.35. The van der Waals surface area contributed by atoms with Gasteiger partial charge in [-0.1, -0.05) is 6.07 Å². The van der Waals surface area contributed by atoms with Gasteiger partial charge in [0.2, 0.25) is 0 Å². The highest BCUT2D eigenvalue weighted by atomic mass is 79.9. The average molecular weight is 312 g/mol. The number of nitrogens with zero attached hydrogens (tertiary/aromatic N) is 1. The van der Waals surface area contributed by atoms with Gasteiger partial charge in [-0.15, -0.1) is 11.3 Å². The van der Waals surface area contributed by atoms with Gasteiger partial charge < -0.3 is 11.1 Å². The molecule has 0 aliphatic heterocycles. The zero-order valence-electron chi connectivity index (χ0n) is 9.48. The van der Waals surface area contributed by atoms with Crippen molar-refractivity contribution in [3.8, 4) is 0 Å². The smallest absolute Gasteiger partial charge is 0.149 e. The van der Waals surface area contributed by atoms with E-state index < -0.39 is 0 Å². The molecule has 0 aromatic carbocycles. The predicted octanol–water partition coefficient (Wildman–Crippen LogP) is 3.53. The molecule has 1 atom stereocenters. The Morgan fingerprint density at radius 2 is 2.41 bits per heavy atom. The fourth-order valence-electron chi connectivity index (χ4n) is 1.59. The van der Waals surface area contributed by atoms with Crippen LogP contribution in [0.15, 0.2) is 34.2 Å². The summed E-state index contributed by atoms with van der Waals surface area (Å²) < 4.78 is 0.895. The van der Waals surface area contributed by atoms with Crippen molar-refractivity contribution in [1.82, 2.24) is 4.98 Å². The van der Waals surface area contributed by atoms with Crippen LogP contribution in [0.3, 0.4) is 0 Å². The molecule has 0 amide bonds. The number of aromatic nitrogens is 1. The third kappa shape index (κ3) is 3.44. The summed E-state index contributed by atoms with van der Waals surface area (Å²) in [5.74, 6) is 0.747. The first-order valence-corrected chi connectivity index (χ1v) is 7.02. The number of rotatable bonds is 4. The zero-order valence-corrected chi connectivity index (χ0v) is 11.9. The van der Waals surface area contributed by atoms with Crippen molar-refractivity contribution in [2.45, 2.75) is 19.4 Å². The summed E-state index contributed by atoms with van der Waals surface area (Å²) in [6.45, 7) is 2.13. The van der Waals surface area contributed by atoms with Crippen LogP contribution in [-0.2, 0) is 6.42 Å². The normalized spacial score (nSPS) is 12.4. The van der Waals surface area contributed by atoms with Gasteiger partial charge in [0.25, 0.3) is 0 Å². The minimum Gasteiger partial charge on any atom is -0.396 e. The van der Waals surface area contributed by atoms with E-state index in [0.29, 0.717) is 11.7 Å². The Kier molecular flexibility index (Phi) is 4.02. The molecule has 2 aromatic heterocycles. The van der Waals surface area contributed by atoms with Crippen molar-refractivity contribution in [2.75, 3.05) is 11.1 Å². The van der Waals surface area contributed by atoms with E-state index in [1.54, 1.807) is 17.5 Å². The second-order valence-corrected chi connectivity index (χ2v) is 5.87. The molecule has 0 saturated carbocycles. The number of pyridine rings is 1. The lowest BCUT2D eigenvalue weighted by molar-refractivity contribution is 0.795. The Morgan fingerprint density at radius 1 is 1.59 bits per heavy atom. The minimum atomic E-state index is 0.310. The van der Waals surface area contributed by atoms with E-state index in [-0.39, 0.29) is 0 Å². The molecule has 1 unspecified atom stereocenters. The van der Waals surface area contributed by atoms with E-state index in [1.165, 1.54) is 4.88 Å². The van der Waals surface area contributed by atoms with Gasteiger partial charge in [0.15, 0.2) is 0 Å². The Labute approximate surface area is 113 Å². The molecule has 2 rings (SSSR count). The second kappa shape index (κ2) is 5.51. The standard InChI is InChI=1S/C12H14BrN3S/c1-8(5-10-3-2-4-17-10)16-12-11(14)6-9(13)7-15-12/h2-4,6-8H,5,14H2,1H3,(H,15,16). The predicted molar refractivity (Wildman–Crippen MR) is 77.5 cm³/mol. The first kappa shape index (κ1) is 12.4. The Morgan fingerprint density at radius 3 is 3.06 bits per heavy atom. The number of nitrogens with two attached hydrogens (primary N) is 1. The Balaban J connectivity index is 2.00. The third-order valence-electron chi connectivity index (χ3n) is 2.35. The van der Waals surface area contributed by atoms with Gasteiger partial charge in [0.1, 0.15) is 5.82 Å². The lowest BCUT2D eigenvalue weighted by Crippen LogP contribution is -2.19. The monoisotopic (exact) mass is 311 g/mol. The largest absolute Gasteiger partial charge is 0.396 e. The van der Waals surface area contributed by atoms with Crippen molar-refractivity contribution in [1.29, 1.82) is 0 Å². The van der Waals surface area contributed by atoms with Gasteiger partial charge in [0, 0.05) is 28.0 Å². The molecule has 2 heterocycles. The summed E-state index contributed by atoms with van der Waals surface area (Å²) in [7, 11) is 0. The van der Waals surface area contributed by atoms with Crippen LogP contribution in [0.25, 0.3) is 0 Å². The second-order valence-electron chi connectivity index (χ2n) is 3.92. The number of hydrogen-bond acceptors (Lipinski definition) is 4. The average Bonchev–Trinajstić information content (AvgIpc) is 2.75. The molecule has 0 aliphatic rings. The summed E-state index contributed by atoms with van der Waals surface area (Å²) in [5, 5.41) is 5.42. The van der Waals surface area contributed by atoms with Crippen molar-refractivity contribution in [3.05, 3.63) is 39.1 Å². The van der Waals surface area contributed by atoms with Crippen LogP contribution in [-0.4, -0.2) is 11.0 Å². The fourth-order valence-corrected chi connectivity index (χ4v) is 2.77. The summed E-state index contributed by atoms with van der Waals surface area (Å²) in [6.07, 6.45) is 2.73.